The summed E-state index contributed by atoms with van der Waals surface area (Å²) >= 11 is 3.40. The Bertz CT molecular complexity index is 331. The highest BCUT2D eigenvalue weighted by atomic mass is 79.9. The molecule has 4 nitrogen and oxygen atoms in total. The van der Waals surface area contributed by atoms with E-state index in [9.17, 15) is 0 Å². The summed E-state index contributed by atoms with van der Waals surface area (Å²) < 4.78 is 11.1. The van der Waals surface area contributed by atoms with Crippen molar-refractivity contribution in [3.8, 4) is 5.75 Å². The first-order valence-electron chi connectivity index (χ1n) is 4.38. The molecule has 0 saturated carbocycles. The predicted molar refractivity (Wildman–Crippen MR) is 60.4 cm³/mol. The van der Waals surface area contributed by atoms with Crippen molar-refractivity contribution in [1.29, 1.82) is 0 Å². The predicted octanol–water partition coefficient (Wildman–Crippen LogP) is 1.99. The van der Waals surface area contributed by atoms with E-state index in [1.165, 1.54) is 0 Å². The van der Waals surface area contributed by atoms with Crippen LogP contribution in [0.1, 0.15) is 11.1 Å². The van der Waals surface area contributed by atoms with E-state index in [-0.39, 0.29) is 0 Å². The zero-order valence-electron chi connectivity index (χ0n) is 8.75. The van der Waals surface area contributed by atoms with E-state index < -0.39 is 0 Å². The molecule has 0 aliphatic carbocycles. The van der Waals surface area contributed by atoms with E-state index in [1.807, 2.05) is 12.1 Å². The summed E-state index contributed by atoms with van der Waals surface area (Å²) in [5, 5.41) is 0. The number of methoxy groups -OCH3 is 2. The quantitative estimate of drug-likeness (QED) is 0.836. The summed E-state index contributed by atoms with van der Waals surface area (Å²) in [5.74, 6) is 5.83. The molecule has 0 unspecified atom stereocenters. The van der Waals surface area contributed by atoms with Crippen molar-refractivity contribution in [2.45, 2.75) is 13.2 Å². The Morgan fingerprint density at radius 2 is 1.87 bits per heavy atom. The molecule has 15 heavy (non-hydrogen) atoms. The van der Waals surface area contributed by atoms with Crippen LogP contribution in [0.4, 0.5) is 0 Å². The maximum absolute atomic E-state index is 5.19. The minimum atomic E-state index is 0.348. The van der Waals surface area contributed by atoms with Crippen LogP contribution in [0, 0.1) is 0 Å². The maximum Gasteiger partial charge on any atom is 0.133 e. The first kappa shape index (κ1) is 12.4. The van der Waals surface area contributed by atoms with Gasteiger partial charge in [0.2, 0.25) is 0 Å². The molecule has 0 aliphatic rings. The molecule has 1 aromatic carbocycles. The van der Waals surface area contributed by atoms with Gasteiger partial charge in [0.15, 0.2) is 0 Å². The molecule has 0 amide bonds. The molecule has 84 valence electrons. The van der Waals surface area contributed by atoms with Gasteiger partial charge in [-0.15, -0.1) is 0 Å². The molecule has 0 aromatic heterocycles. The fraction of sp³-hybridized carbons (Fsp3) is 0.400. The highest BCUT2D eigenvalue weighted by molar-refractivity contribution is 9.10. The number of nitrogens with two attached hydrogens (primary N) is 1. The molecule has 0 aliphatic heterocycles. The van der Waals surface area contributed by atoms with Gasteiger partial charge in [-0.3, -0.25) is 4.84 Å². The van der Waals surface area contributed by atoms with Crippen LogP contribution in [-0.4, -0.2) is 14.2 Å². The Labute approximate surface area is 97.4 Å². The average molecular weight is 276 g/mol. The Hall–Kier alpha value is -0.620. The topological polar surface area (TPSA) is 53.7 Å². The van der Waals surface area contributed by atoms with E-state index in [1.54, 1.807) is 14.2 Å². The molecule has 0 heterocycles. The van der Waals surface area contributed by atoms with Crippen LogP contribution in [0.15, 0.2) is 16.6 Å². The Morgan fingerprint density at radius 1 is 1.20 bits per heavy atom. The summed E-state index contributed by atoms with van der Waals surface area (Å²) in [6.45, 7) is 0.851. The SMILES string of the molecule is COCc1cc(OC)c(Br)cc1CON. The van der Waals surface area contributed by atoms with Crippen molar-refractivity contribution in [2.24, 2.45) is 5.90 Å². The number of rotatable bonds is 5. The molecule has 0 spiro atoms. The maximum atomic E-state index is 5.19. The van der Waals surface area contributed by atoms with Gasteiger partial charge in [-0.25, -0.2) is 5.90 Å². The third kappa shape index (κ3) is 3.17. The van der Waals surface area contributed by atoms with Crippen molar-refractivity contribution in [3.05, 3.63) is 27.7 Å². The largest absolute Gasteiger partial charge is 0.496 e. The monoisotopic (exact) mass is 275 g/mol. The van der Waals surface area contributed by atoms with Crippen LogP contribution < -0.4 is 10.6 Å². The summed E-state index contributed by atoms with van der Waals surface area (Å²) in [4.78, 5) is 4.63. The summed E-state index contributed by atoms with van der Waals surface area (Å²) in [7, 11) is 3.26. The highest BCUT2D eigenvalue weighted by Gasteiger charge is 2.08. The lowest BCUT2D eigenvalue weighted by Crippen LogP contribution is -2.04. The number of ether oxygens (including phenoxy) is 2. The Kier molecular flexibility index (Phi) is 5.04. The second kappa shape index (κ2) is 6.07. The van der Waals surface area contributed by atoms with E-state index >= 15 is 0 Å². The molecule has 1 aromatic rings. The summed E-state index contributed by atoms with van der Waals surface area (Å²) in [6, 6.07) is 3.82. The van der Waals surface area contributed by atoms with Crippen LogP contribution in [0.5, 0.6) is 5.75 Å². The van der Waals surface area contributed by atoms with Gasteiger partial charge in [0, 0.05) is 7.11 Å². The van der Waals surface area contributed by atoms with Gasteiger partial charge in [0.1, 0.15) is 5.75 Å². The van der Waals surface area contributed by atoms with Gasteiger partial charge in [-0.1, -0.05) is 0 Å². The molecule has 5 heteroatoms. The molecular formula is C10H14BrNO3. The number of benzene rings is 1. The van der Waals surface area contributed by atoms with Crippen molar-refractivity contribution in [1.82, 2.24) is 0 Å². The van der Waals surface area contributed by atoms with Crippen LogP contribution >= 0.6 is 15.9 Å². The zero-order chi connectivity index (χ0) is 11.3. The van der Waals surface area contributed by atoms with E-state index in [4.69, 9.17) is 15.4 Å². The van der Waals surface area contributed by atoms with E-state index in [0.29, 0.717) is 13.2 Å². The number of halogens is 1. The number of hydrogen-bond donors (Lipinski definition) is 1. The lowest BCUT2D eigenvalue weighted by Gasteiger charge is -2.11. The lowest BCUT2D eigenvalue weighted by molar-refractivity contribution is 0.120. The lowest BCUT2D eigenvalue weighted by atomic mass is 10.1. The van der Waals surface area contributed by atoms with Crippen LogP contribution in [0.3, 0.4) is 0 Å². The zero-order valence-corrected chi connectivity index (χ0v) is 10.3. The van der Waals surface area contributed by atoms with Gasteiger partial charge >= 0.3 is 0 Å². The molecule has 0 radical (unpaired) electrons. The average Bonchev–Trinajstić information content (AvgIpc) is 2.22. The normalized spacial score (nSPS) is 10.4. The third-order valence-corrected chi connectivity index (χ3v) is 2.63. The number of hydrogen-bond acceptors (Lipinski definition) is 4. The fourth-order valence-corrected chi connectivity index (χ4v) is 1.86. The van der Waals surface area contributed by atoms with Crippen LogP contribution in [0.2, 0.25) is 0 Å². The van der Waals surface area contributed by atoms with Gasteiger partial charge in [0.05, 0.1) is 24.8 Å². The minimum absolute atomic E-state index is 0.348. The van der Waals surface area contributed by atoms with E-state index in [2.05, 4.69) is 20.8 Å². The van der Waals surface area contributed by atoms with Crippen molar-refractivity contribution in [3.63, 3.8) is 0 Å². The fourth-order valence-electron chi connectivity index (χ4n) is 1.31. The minimum Gasteiger partial charge on any atom is -0.496 e. The molecule has 0 saturated heterocycles. The molecule has 0 atom stereocenters. The molecule has 1 rings (SSSR count). The third-order valence-electron chi connectivity index (χ3n) is 2.01. The first-order valence-corrected chi connectivity index (χ1v) is 5.18. The van der Waals surface area contributed by atoms with Crippen molar-refractivity contribution < 1.29 is 14.3 Å². The summed E-state index contributed by atoms with van der Waals surface area (Å²) in [6.07, 6.45) is 0. The van der Waals surface area contributed by atoms with Crippen molar-refractivity contribution in [2.75, 3.05) is 14.2 Å². The van der Waals surface area contributed by atoms with E-state index in [0.717, 1.165) is 21.3 Å². The molecular weight excluding hydrogens is 262 g/mol. The smallest absolute Gasteiger partial charge is 0.133 e. The first-order chi connectivity index (χ1) is 7.22. The summed E-state index contributed by atoms with van der Waals surface area (Å²) in [5.41, 5.74) is 1.98. The van der Waals surface area contributed by atoms with Gasteiger partial charge in [0.25, 0.3) is 0 Å². The Balaban J connectivity index is 3.07. The molecule has 0 bridgehead atoms. The highest BCUT2D eigenvalue weighted by Crippen LogP contribution is 2.29. The Morgan fingerprint density at radius 3 is 2.40 bits per heavy atom. The molecule has 2 N–H and O–H groups in total. The van der Waals surface area contributed by atoms with Crippen molar-refractivity contribution >= 4 is 15.9 Å². The standard InChI is InChI=1S/C10H14BrNO3/c1-13-5-8-4-10(14-2)9(11)3-7(8)6-15-12/h3-4H,5-6,12H2,1-2H3. The van der Waals surface area contributed by atoms with Gasteiger partial charge < -0.3 is 9.47 Å². The van der Waals surface area contributed by atoms with Gasteiger partial charge in [-0.05, 0) is 39.2 Å². The van der Waals surface area contributed by atoms with Crippen LogP contribution in [-0.2, 0) is 22.8 Å². The van der Waals surface area contributed by atoms with Gasteiger partial charge in [-0.2, -0.15) is 0 Å². The second-order valence-electron chi connectivity index (χ2n) is 3.00. The molecule has 0 fully saturated rings. The van der Waals surface area contributed by atoms with Crippen LogP contribution in [0.25, 0.3) is 0 Å². The second-order valence-corrected chi connectivity index (χ2v) is 3.85.